The van der Waals surface area contributed by atoms with Crippen molar-refractivity contribution in [2.75, 3.05) is 6.54 Å². The fourth-order valence-electron chi connectivity index (χ4n) is 3.24. The fourth-order valence-corrected chi connectivity index (χ4v) is 5.12. The van der Waals surface area contributed by atoms with Crippen molar-refractivity contribution in [2.24, 2.45) is 5.41 Å². The van der Waals surface area contributed by atoms with Crippen LogP contribution in [-0.4, -0.2) is 22.0 Å². The lowest BCUT2D eigenvalue weighted by Gasteiger charge is -2.44. The molecule has 1 N–H and O–H groups in total. The Kier molecular flexibility index (Phi) is 5.15. The van der Waals surface area contributed by atoms with Crippen LogP contribution in [0.5, 0.6) is 0 Å². The summed E-state index contributed by atoms with van der Waals surface area (Å²) in [6.07, 6.45) is 2.84. The Morgan fingerprint density at radius 3 is 2.71 bits per heavy atom. The van der Waals surface area contributed by atoms with E-state index in [1.807, 2.05) is 6.92 Å². The number of rotatable bonds is 4. The van der Waals surface area contributed by atoms with Gasteiger partial charge in [0.15, 0.2) is 0 Å². The summed E-state index contributed by atoms with van der Waals surface area (Å²) in [7, 11) is -1.47. The van der Waals surface area contributed by atoms with Gasteiger partial charge in [0.1, 0.15) is 11.6 Å². The van der Waals surface area contributed by atoms with Gasteiger partial charge in [-0.3, -0.25) is 4.21 Å². The molecule has 0 amide bonds. The monoisotopic (exact) mass is 315 g/mol. The maximum absolute atomic E-state index is 13.9. The average molecular weight is 315 g/mol. The van der Waals surface area contributed by atoms with Crippen molar-refractivity contribution in [3.8, 4) is 0 Å². The smallest absolute Gasteiger partial charge is 0.142 e. The third kappa shape index (κ3) is 3.51. The highest BCUT2D eigenvalue weighted by Gasteiger charge is 2.41. The highest BCUT2D eigenvalue weighted by atomic mass is 32.2. The summed E-state index contributed by atoms with van der Waals surface area (Å²) < 4.78 is 39.7. The number of hydrogen-bond acceptors (Lipinski definition) is 2. The van der Waals surface area contributed by atoms with Gasteiger partial charge in [-0.25, -0.2) is 8.78 Å². The van der Waals surface area contributed by atoms with E-state index in [9.17, 15) is 13.0 Å². The van der Waals surface area contributed by atoms with Gasteiger partial charge in [0.25, 0.3) is 0 Å². The second kappa shape index (κ2) is 6.53. The normalized spacial score (nSPS) is 26.5. The Hall–Kier alpha value is -0.810. The molecule has 0 heterocycles. The SMILES string of the molecule is CCNC1C(S(=O)c2ccc(F)cc2F)CCCC1(C)C. The highest BCUT2D eigenvalue weighted by Crippen LogP contribution is 2.39. The molecule has 1 saturated carbocycles. The number of halogens is 2. The van der Waals surface area contributed by atoms with Gasteiger partial charge < -0.3 is 5.32 Å². The van der Waals surface area contributed by atoms with E-state index in [1.165, 1.54) is 12.1 Å². The molecule has 21 heavy (non-hydrogen) atoms. The largest absolute Gasteiger partial charge is 0.313 e. The minimum atomic E-state index is -1.47. The third-order valence-corrected chi connectivity index (χ3v) is 6.16. The molecule has 5 heteroatoms. The molecule has 0 radical (unpaired) electrons. The van der Waals surface area contributed by atoms with E-state index in [4.69, 9.17) is 0 Å². The van der Waals surface area contributed by atoms with Crippen molar-refractivity contribution in [1.29, 1.82) is 0 Å². The van der Waals surface area contributed by atoms with Crippen molar-refractivity contribution in [3.05, 3.63) is 29.8 Å². The zero-order chi connectivity index (χ0) is 15.6. The summed E-state index contributed by atoms with van der Waals surface area (Å²) in [5, 5.41) is 3.27. The second-order valence-electron chi connectivity index (χ2n) is 6.33. The Labute approximate surface area is 127 Å². The molecular formula is C16H23F2NOS. The predicted molar refractivity (Wildman–Crippen MR) is 81.7 cm³/mol. The molecule has 0 spiro atoms. The van der Waals surface area contributed by atoms with E-state index in [0.29, 0.717) is 0 Å². The molecule has 0 bridgehead atoms. The van der Waals surface area contributed by atoms with Crippen LogP contribution in [0.4, 0.5) is 8.78 Å². The topological polar surface area (TPSA) is 29.1 Å². The van der Waals surface area contributed by atoms with Crippen molar-refractivity contribution in [2.45, 2.75) is 56.2 Å². The Balaban J connectivity index is 2.31. The van der Waals surface area contributed by atoms with Crippen molar-refractivity contribution >= 4 is 10.8 Å². The van der Waals surface area contributed by atoms with Crippen LogP contribution in [0.25, 0.3) is 0 Å². The zero-order valence-corrected chi connectivity index (χ0v) is 13.6. The summed E-state index contributed by atoms with van der Waals surface area (Å²) in [4.78, 5) is 0.113. The van der Waals surface area contributed by atoms with Crippen LogP contribution in [0.15, 0.2) is 23.1 Å². The lowest BCUT2D eigenvalue weighted by Crippen LogP contribution is -2.54. The van der Waals surface area contributed by atoms with Gasteiger partial charge in [-0.15, -0.1) is 0 Å². The molecule has 0 aliphatic heterocycles. The van der Waals surface area contributed by atoms with Crippen molar-refractivity contribution in [3.63, 3.8) is 0 Å². The van der Waals surface area contributed by atoms with Crippen LogP contribution in [0.1, 0.15) is 40.0 Å². The number of nitrogens with one attached hydrogen (secondary N) is 1. The quantitative estimate of drug-likeness (QED) is 0.919. The average Bonchev–Trinajstić information content (AvgIpc) is 2.40. The molecule has 2 nitrogen and oxygen atoms in total. The minimum absolute atomic E-state index is 0.0189. The van der Waals surface area contributed by atoms with Gasteiger partial charge in [-0.05, 0) is 36.9 Å². The number of benzene rings is 1. The van der Waals surface area contributed by atoms with E-state index in [0.717, 1.165) is 31.9 Å². The summed E-state index contributed by atoms with van der Waals surface area (Å²) in [6, 6.07) is 3.36. The maximum Gasteiger partial charge on any atom is 0.142 e. The lowest BCUT2D eigenvalue weighted by molar-refractivity contribution is 0.174. The first-order chi connectivity index (χ1) is 9.86. The lowest BCUT2D eigenvalue weighted by atomic mass is 9.73. The van der Waals surface area contributed by atoms with Gasteiger partial charge in [-0.2, -0.15) is 0 Å². The first-order valence-corrected chi connectivity index (χ1v) is 8.67. The zero-order valence-electron chi connectivity index (χ0n) is 12.8. The maximum atomic E-state index is 13.9. The molecule has 0 aromatic heterocycles. The molecule has 1 aromatic rings. The van der Waals surface area contributed by atoms with Gasteiger partial charge in [-0.1, -0.05) is 27.2 Å². The van der Waals surface area contributed by atoms with Crippen LogP contribution in [0.2, 0.25) is 0 Å². The molecule has 0 saturated heterocycles. The van der Waals surface area contributed by atoms with Gasteiger partial charge in [0, 0.05) is 12.1 Å². The van der Waals surface area contributed by atoms with E-state index >= 15 is 0 Å². The molecule has 1 aromatic carbocycles. The first kappa shape index (κ1) is 16.6. The van der Waals surface area contributed by atoms with E-state index in [2.05, 4.69) is 19.2 Å². The van der Waals surface area contributed by atoms with Crippen LogP contribution in [0.3, 0.4) is 0 Å². The van der Waals surface area contributed by atoms with Crippen molar-refractivity contribution in [1.82, 2.24) is 5.32 Å². The Morgan fingerprint density at radius 1 is 1.38 bits per heavy atom. The molecule has 1 aliphatic carbocycles. The van der Waals surface area contributed by atoms with E-state index in [-0.39, 0.29) is 21.6 Å². The standard InChI is InChI=1S/C16H23F2NOS/c1-4-19-15-14(6-5-9-16(15,2)3)21(20)13-8-7-11(17)10-12(13)18/h7-8,10,14-15,19H,4-6,9H2,1-3H3. The summed E-state index contributed by atoms with van der Waals surface area (Å²) >= 11 is 0. The van der Waals surface area contributed by atoms with Crippen molar-refractivity contribution < 1.29 is 13.0 Å². The van der Waals surface area contributed by atoms with Crippen LogP contribution in [0, 0.1) is 17.0 Å². The third-order valence-electron chi connectivity index (χ3n) is 4.33. The number of hydrogen-bond donors (Lipinski definition) is 1. The molecule has 1 fully saturated rings. The van der Waals surface area contributed by atoms with Gasteiger partial charge in [0.2, 0.25) is 0 Å². The van der Waals surface area contributed by atoms with Crippen LogP contribution in [-0.2, 0) is 10.8 Å². The highest BCUT2D eigenvalue weighted by molar-refractivity contribution is 7.85. The molecule has 2 rings (SSSR count). The molecular weight excluding hydrogens is 292 g/mol. The first-order valence-electron chi connectivity index (χ1n) is 7.46. The molecule has 118 valence electrons. The molecule has 1 aliphatic rings. The Bertz CT molecular complexity index is 533. The fraction of sp³-hybridized carbons (Fsp3) is 0.625. The molecule has 3 atom stereocenters. The van der Waals surface area contributed by atoms with Gasteiger partial charge >= 0.3 is 0 Å². The van der Waals surface area contributed by atoms with Gasteiger partial charge in [0.05, 0.1) is 20.9 Å². The minimum Gasteiger partial charge on any atom is -0.313 e. The van der Waals surface area contributed by atoms with E-state index < -0.39 is 22.4 Å². The summed E-state index contributed by atoms with van der Waals surface area (Å²) in [5.41, 5.74) is 0.0189. The second-order valence-corrected chi connectivity index (χ2v) is 7.97. The predicted octanol–water partition coefficient (Wildman–Crippen LogP) is 3.63. The van der Waals surface area contributed by atoms with E-state index in [1.54, 1.807) is 0 Å². The summed E-state index contributed by atoms with van der Waals surface area (Å²) in [5.74, 6) is -1.35. The summed E-state index contributed by atoms with van der Waals surface area (Å²) in [6.45, 7) is 7.12. The van der Waals surface area contributed by atoms with Crippen LogP contribution < -0.4 is 5.32 Å². The molecule has 3 unspecified atom stereocenters. The van der Waals surface area contributed by atoms with Crippen LogP contribution >= 0.6 is 0 Å². The Morgan fingerprint density at radius 2 is 2.10 bits per heavy atom.